The molecule has 5 atom stereocenters. The predicted octanol–water partition coefficient (Wildman–Crippen LogP) is -0.281. The topological polar surface area (TPSA) is 72.8 Å². The summed E-state index contributed by atoms with van der Waals surface area (Å²) in [6.07, 6.45) is 1.75. The Kier molecular flexibility index (Phi) is 2.17. The molecular weight excluding hydrogens is 212 g/mol. The van der Waals surface area contributed by atoms with Crippen molar-refractivity contribution < 1.29 is 24.2 Å². The Hall–Kier alpha value is -1.10. The number of hydrogen-bond acceptors (Lipinski definition) is 5. The van der Waals surface area contributed by atoms with Gasteiger partial charge in [-0.25, -0.2) is 0 Å². The van der Waals surface area contributed by atoms with Crippen LogP contribution in [0.1, 0.15) is 12.8 Å². The summed E-state index contributed by atoms with van der Waals surface area (Å²) in [4.78, 5) is 23.4. The van der Waals surface area contributed by atoms with E-state index in [2.05, 4.69) is 0 Å². The van der Waals surface area contributed by atoms with Crippen molar-refractivity contribution in [2.24, 2.45) is 23.7 Å². The van der Waals surface area contributed by atoms with Crippen LogP contribution >= 0.6 is 0 Å². The maximum absolute atomic E-state index is 11.8. The molecule has 0 radical (unpaired) electrons. The Balaban J connectivity index is 1.77. The second-order valence-electron chi connectivity index (χ2n) is 4.81. The molecule has 5 heteroatoms. The number of carbonyl (C=O) groups excluding carboxylic acids is 2. The van der Waals surface area contributed by atoms with Crippen molar-refractivity contribution in [1.29, 1.82) is 0 Å². The first-order chi connectivity index (χ1) is 7.72. The molecule has 2 saturated carbocycles. The van der Waals surface area contributed by atoms with Gasteiger partial charge in [0.1, 0.15) is 12.7 Å². The molecule has 5 nitrogen and oxygen atoms in total. The van der Waals surface area contributed by atoms with Crippen LogP contribution in [-0.2, 0) is 19.1 Å². The lowest BCUT2D eigenvalue weighted by Crippen LogP contribution is -2.33. The molecule has 1 saturated heterocycles. The van der Waals surface area contributed by atoms with Crippen LogP contribution < -0.4 is 0 Å². The van der Waals surface area contributed by atoms with Gasteiger partial charge >= 0.3 is 11.9 Å². The molecule has 16 heavy (non-hydrogen) atoms. The van der Waals surface area contributed by atoms with Crippen LogP contribution in [0.15, 0.2) is 0 Å². The first-order valence-corrected chi connectivity index (χ1v) is 5.70. The average molecular weight is 226 g/mol. The van der Waals surface area contributed by atoms with Gasteiger partial charge in [0.2, 0.25) is 0 Å². The van der Waals surface area contributed by atoms with Crippen LogP contribution in [-0.4, -0.2) is 36.4 Å². The Morgan fingerprint density at radius 3 is 3.06 bits per heavy atom. The molecule has 88 valence electrons. The Labute approximate surface area is 92.7 Å². The molecule has 0 spiro atoms. The third kappa shape index (κ3) is 1.21. The van der Waals surface area contributed by atoms with E-state index in [9.17, 15) is 9.59 Å². The quantitative estimate of drug-likeness (QED) is 0.670. The predicted molar refractivity (Wildman–Crippen MR) is 51.1 cm³/mol. The highest BCUT2D eigenvalue weighted by Gasteiger charge is 2.64. The van der Waals surface area contributed by atoms with Crippen LogP contribution in [0, 0.1) is 23.7 Å². The van der Waals surface area contributed by atoms with E-state index in [0.29, 0.717) is 0 Å². The van der Waals surface area contributed by atoms with Crippen LogP contribution in [0.4, 0.5) is 0 Å². The number of aliphatic hydroxyl groups excluding tert-OH is 1. The highest BCUT2D eigenvalue weighted by Crippen LogP contribution is 2.57. The van der Waals surface area contributed by atoms with E-state index in [1.165, 1.54) is 0 Å². The number of rotatable bonds is 3. The molecule has 3 fully saturated rings. The van der Waals surface area contributed by atoms with Crippen molar-refractivity contribution in [2.75, 3.05) is 13.2 Å². The van der Waals surface area contributed by atoms with Crippen LogP contribution in [0.2, 0.25) is 0 Å². The third-order valence-corrected chi connectivity index (χ3v) is 4.09. The van der Waals surface area contributed by atoms with E-state index < -0.39 is 0 Å². The van der Waals surface area contributed by atoms with Gasteiger partial charge in [-0.15, -0.1) is 0 Å². The smallest absolute Gasteiger partial charge is 0.310 e. The summed E-state index contributed by atoms with van der Waals surface area (Å²) in [7, 11) is 0. The molecule has 2 aliphatic carbocycles. The maximum atomic E-state index is 11.8. The van der Waals surface area contributed by atoms with Crippen molar-refractivity contribution in [1.82, 2.24) is 0 Å². The fourth-order valence-electron chi connectivity index (χ4n) is 3.57. The summed E-state index contributed by atoms with van der Waals surface area (Å²) in [5.74, 6) is -0.732. The van der Waals surface area contributed by atoms with Gasteiger partial charge in [-0.1, -0.05) is 0 Å². The minimum atomic E-state index is -0.344. The maximum Gasteiger partial charge on any atom is 0.310 e. The summed E-state index contributed by atoms with van der Waals surface area (Å²) in [6.45, 7) is -0.164. The van der Waals surface area contributed by atoms with Gasteiger partial charge in [-0.2, -0.15) is 0 Å². The number of aliphatic hydroxyl groups is 1. The fraction of sp³-hybridized carbons (Fsp3) is 0.818. The van der Waals surface area contributed by atoms with Gasteiger partial charge in [-0.05, 0) is 18.8 Å². The van der Waals surface area contributed by atoms with Crippen molar-refractivity contribution in [2.45, 2.75) is 18.9 Å². The van der Waals surface area contributed by atoms with E-state index in [1.807, 2.05) is 0 Å². The van der Waals surface area contributed by atoms with Gasteiger partial charge in [0.05, 0.1) is 18.4 Å². The Bertz CT molecular complexity index is 337. The zero-order valence-corrected chi connectivity index (χ0v) is 8.80. The van der Waals surface area contributed by atoms with Gasteiger partial charge < -0.3 is 14.6 Å². The molecule has 5 unspecified atom stereocenters. The van der Waals surface area contributed by atoms with Crippen LogP contribution in [0.25, 0.3) is 0 Å². The fourth-order valence-corrected chi connectivity index (χ4v) is 3.57. The zero-order valence-electron chi connectivity index (χ0n) is 8.80. The minimum Gasteiger partial charge on any atom is -0.463 e. The average Bonchev–Trinajstić information content (AvgIpc) is 2.85. The summed E-state index contributed by atoms with van der Waals surface area (Å²) in [5.41, 5.74) is 0. The van der Waals surface area contributed by atoms with Crippen LogP contribution in [0.5, 0.6) is 0 Å². The molecule has 3 aliphatic rings. The third-order valence-electron chi connectivity index (χ3n) is 4.09. The summed E-state index contributed by atoms with van der Waals surface area (Å²) >= 11 is 0. The highest BCUT2D eigenvalue weighted by molar-refractivity contribution is 5.85. The van der Waals surface area contributed by atoms with Gasteiger partial charge in [0.15, 0.2) is 0 Å². The number of fused-ring (bicyclic) bond motifs is 1. The molecular formula is C11H14O5. The monoisotopic (exact) mass is 226 g/mol. The standard InChI is InChI=1S/C11H14O5/c12-1-2-15-10(13)8-5-3-6-7(4-5)16-11(14)9(6)8/h5-9,12H,1-4H2. The number of carbonyl (C=O) groups is 2. The van der Waals surface area contributed by atoms with Crippen molar-refractivity contribution >= 4 is 11.9 Å². The highest BCUT2D eigenvalue weighted by atomic mass is 16.6. The van der Waals surface area contributed by atoms with Crippen molar-refractivity contribution in [3.63, 3.8) is 0 Å². The zero-order chi connectivity index (χ0) is 11.3. The van der Waals surface area contributed by atoms with Crippen molar-refractivity contribution in [3.05, 3.63) is 0 Å². The molecule has 1 aliphatic heterocycles. The number of hydrogen-bond donors (Lipinski definition) is 1. The van der Waals surface area contributed by atoms with Gasteiger partial charge in [-0.3, -0.25) is 9.59 Å². The molecule has 0 amide bonds. The minimum absolute atomic E-state index is 0.0118. The van der Waals surface area contributed by atoms with E-state index in [1.54, 1.807) is 0 Å². The summed E-state index contributed by atoms with van der Waals surface area (Å²) in [5, 5.41) is 8.60. The molecule has 1 heterocycles. The number of ether oxygens (including phenoxy) is 2. The van der Waals surface area contributed by atoms with E-state index in [0.717, 1.165) is 12.8 Å². The van der Waals surface area contributed by atoms with Gasteiger partial charge in [0.25, 0.3) is 0 Å². The van der Waals surface area contributed by atoms with Crippen LogP contribution in [0.3, 0.4) is 0 Å². The Morgan fingerprint density at radius 2 is 2.31 bits per heavy atom. The Morgan fingerprint density at radius 1 is 1.50 bits per heavy atom. The first-order valence-electron chi connectivity index (χ1n) is 5.70. The molecule has 1 N–H and O–H groups in total. The SMILES string of the molecule is O=C(OCCO)C1C2CC3OC(=O)C1C3C2. The largest absolute Gasteiger partial charge is 0.463 e. The van der Waals surface area contributed by atoms with Crippen molar-refractivity contribution in [3.8, 4) is 0 Å². The van der Waals surface area contributed by atoms with E-state index in [-0.39, 0.29) is 54.9 Å². The molecule has 0 aromatic rings. The molecule has 0 aromatic carbocycles. The summed E-state index contributed by atoms with van der Waals surface area (Å²) < 4.78 is 10.2. The first kappa shape index (κ1) is 10.1. The molecule has 3 rings (SSSR count). The molecule has 0 aromatic heterocycles. The lowest BCUT2D eigenvalue weighted by molar-refractivity contribution is -0.156. The lowest BCUT2D eigenvalue weighted by Gasteiger charge is -2.22. The number of esters is 2. The lowest BCUT2D eigenvalue weighted by atomic mass is 9.80. The second kappa shape index (κ2) is 3.45. The summed E-state index contributed by atoms with van der Waals surface area (Å²) in [6, 6.07) is 0. The second-order valence-corrected chi connectivity index (χ2v) is 4.81. The molecule has 2 bridgehead atoms. The van der Waals surface area contributed by atoms with E-state index >= 15 is 0 Å². The van der Waals surface area contributed by atoms with Gasteiger partial charge in [0, 0.05) is 5.92 Å². The van der Waals surface area contributed by atoms with E-state index in [4.69, 9.17) is 14.6 Å². The normalized spacial score (nSPS) is 43.6.